The van der Waals surface area contributed by atoms with Crippen molar-refractivity contribution in [2.24, 2.45) is 16.9 Å². The summed E-state index contributed by atoms with van der Waals surface area (Å²) in [6.07, 6.45) is 6.22. The van der Waals surface area contributed by atoms with Crippen molar-refractivity contribution < 1.29 is 15.0 Å². The summed E-state index contributed by atoms with van der Waals surface area (Å²) < 4.78 is 0. The zero-order valence-corrected chi connectivity index (χ0v) is 10.2. The highest BCUT2D eigenvalue weighted by Gasteiger charge is 2.38. The van der Waals surface area contributed by atoms with E-state index in [9.17, 15) is 9.90 Å². The number of amides is 1. The van der Waals surface area contributed by atoms with E-state index in [1.165, 1.54) is 12.1 Å². The Morgan fingerprint density at radius 2 is 2.21 bits per heavy atom. The highest BCUT2D eigenvalue weighted by Crippen LogP contribution is 2.40. The summed E-state index contributed by atoms with van der Waals surface area (Å²) >= 11 is 0. The predicted molar refractivity (Wildman–Crippen MR) is 70.0 cm³/mol. The number of aromatic hydroxyl groups is 2. The smallest absolute Gasteiger partial charge is 0.275 e. The maximum absolute atomic E-state index is 11.8. The largest absolute Gasteiger partial charge is 0.508 e. The molecule has 0 aromatic heterocycles. The molecule has 0 heterocycles. The van der Waals surface area contributed by atoms with Gasteiger partial charge in [-0.15, -0.1) is 0 Å². The van der Waals surface area contributed by atoms with Gasteiger partial charge in [-0.3, -0.25) is 4.79 Å². The fourth-order valence-electron chi connectivity index (χ4n) is 2.56. The number of phenolic OH excluding ortho intramolecular Hbond substituents is 2. The lowest BCUT2D eigenvalue weighted by molar-refractivity contribution is 0.0951. The van der Waals surface area contributed by atoms with Crippen LogP contribution in [0.25, 0.3) is 0 Å². The molecule has 0 bridgehead atoms. The monoisotopic (exact) mass is 258 g/mol. The molecule has 0 radical (unpaired) electrons. The first kappa shape index (κ1) is 11.8. The molecule has 5 heteroatoms. The maximum atomic E-state index is 11.8. The highest BCUT2D eigenvalue weighted by molar-refractivity contribution is 5.99. The van der Waals surface area contributed by atoms with Gasteiger partial charge in [-0.1, -0.05) is 12.2 Å². The summed E-state index contributed by atoms with van der Waals surface area (Å²) in [5, 5.41) is 22.8. The third-order valence-corrected chi connectivity index (χ3v) is 3.69. The molecule has 0 spiro atoms. The normalized spacial score (nSPS) is 26.0. The van der Waals surface area contributed by atoms with Gasteiger partial charge in [0.15, 0.2) is 0 Å². The van der Waals surface area contributed by atoms with Gasteiger partial charge in [0.05, 0.1) is 5.56 Å². The van der Waals surface area contributed by atoms with Crippen LogP contribution in [0.3, 0.4) is 0 Å². The molecule has 1 aromatic carbocycles. The van der Waals surface area contributed by atoms with Crippen molar-refractivity contribution in [3.05, 3.63) is 35.9 Å². The third-order valence-electron chi connectivity index (χ3n) is 3.69. The zero-order chi connectivity index (χ0) is 13.4. The van der Waals surface area contributed by atoms with Crippen LogP contribution in [-0.4, -0.2) is 21.8 Å². The predicted octanol–water partition coefficient (Wildman–Crippen LogP) is 1.78. The minimum Gasteiger partial charge on any atom is -0.508 e. The number of rotatable bonds is 2. The molecule has 1 saturated carbocycles. The van der Waals surface area contributed by atoms with Gasteiger partial charge < -0.3 is 10.2 Å². The first-order valence-electron chi connectivity index (χ1n) is 6.20. The van der Waals surface area contributed by atoms with E-state index in [0.29, 0.717) is 11.8 Å². The van der Waals surface area contributed by atoms with Gasteiger partial charge in [-0.05, 0) is 30.9 Å². The Labute approximate surface area is 110 Å². The maximum Gasteiger partial charge on any atom is 0.275 e. The molecule has 0 saturated heterocycles. The molecule has 3 N–H and O–H groups in total. The van der Waals surface area contributed by atoms with Gasteiger partial charge in [0, 0.05) is 17.7 Å². The third kappa shape index (κ3) is 2.07. The molecule has 1 amide bonds. The number of nitrogens with zero attached hydrogens (tertiary/aromatic N) is 1. The van der Waals surface area contributed by atoms with E-state index in [2.05, 4.69) is 22.7 Å². The summed E-state index contributed by atoms with van der Waals surface area (Å²) in [4.78, 5) is 11.8. The summed E-state index contributed by atoms with van der Waals surface area (Å²) in [6.45, 7) is 0. The molecular formula is C14H14N2O3. The number of benzene rings is 1. The Bertz CT molecular complexity index is 592. The van der Waals surface area contributed by atoms with E-state index in [4.69, 9.17) is 5.11 Å². The Kier molecular flexibility index (Phi) is 2.74. The van der Waals surface area contributed by atoms with Gasteiger partial charge in [0.25, 0.3) is 5.91 Å². The van der Waals surface area contributed by atoms with Crippen molar-refractivity contribution in [3.8, 4) is 11.5 Å². The minimum atomic E-state index is -0.473. The number of phenols is 2. The van der Waals surface area contributed by atoms with Gasteiger partial charge >= 0.3 is 0 Å². The molecule has 0 unspecified atom stereocenters. The molecule has 19 heavy (non-hydrogen) atoms. The number of carbonyl (C=O) groups is 1. The zero-order valence-electron chi connectivity index (χ0n) is 10.2. The number of nitrogens with one attached hydrogen (secondary N) is 1. The average molecular weight is 258 g/mol. The topological polar surface area (TPSA) is 81.9 Å². The molecule has 2 aliphatic rings. The molecule has 1 aromatic rings. The van der Waals surface area contributed by atoms with Crippen LogP contribution in [0.1, 0.15) is 23.2 Å². The molecule has 5 nitrogen and oxygen atoms in total. The van der Waals surface area contributed by atoms with E-state index in [-0.39, 0.29) is 17.1 Å². The molecule has 3 rings (SSSR count). The number of fused-ring (bicyclic) bond motifs is 1. The summed E-state index contributed by atoms with van der Waals surface area (Å²) in [6, 6.07) is 3.84. The summed E-state index contributed by atoms with van der Waals surface area (Å²) in [5.41, 5.74) is 3.55. The lowest BCUT2D eigenvalue weighted by Crippen LogP contribution is -2.35. The van der Waals surface area contributed by atoms with E-state index < -0.39 is 5.91 Å². The van der Waals surface area contributed by atoms with Crippen LogP contribution in [0.5, 0.6) is 11.5 Å². The molecule has 98 valence electrons. The van der Waals surface area contributed by atoms with Crippen molar-refractivity contribution in [3.63, 3.8) is 0 Å². The molecule has 1 fully saturated rings. The van der Waals surface area contributed by atoms with Crippen molar-refractivity contribution in [1.82, 2.24) is 5.43 Å². The quantitative estimate of drug-likeness (QED) is 0.558. The number of carbonyl (C=O) groups excluding carboxylic acids is 1. The van der Waals surface area contributed by atoms with E-state index in [0.717, 1.165) is 24.6 Å². The second kappa shape index (κ2) is 4.42. The van der Waals surface area contributed by atoms with Crippen LogP contribution in [0.4, 0.5) is 0 Å². The molecular weight excluding hydrogens is 244 g/mol. The fourth-order valence-corrected chi connectivity index (χ4v) is 2.56. The van der Waals surface area contributed by atoms with Crippen molar-refractivity contribution in [2.75, 3.05) is 0 Å². The van der Waals surface area contributed by atoms with Crippen LogP contribution < -0.4 is 5.43 Å². The highest BCUT2D eigenvalue weighted by atomic mass is 16.3. The Balaban J connectivity index is 1.67. The van der Waals surface area contributed by atoms with E-state index in [1.54, 1.807) is 0 Å². The molecule has 2 aliphatic carbocycles. The number of hydrogen-bond acceptors (Lipinski definition) is 4. The Hall–Kier alpha value is -2.30. The molecule has 0 aliphatic heterocycles. The van der Waals surface area contributed by atoms with E-state index in [1.807, 2.05) is 0 Å². The van der Waals surface area contributed by atoms with Crippen molar-refractivity contribution >= 4 is 11.6 Å². The Morgan fingerprint density at radius 1 is 1.37 bits per heavy atom. The van der Waals surface area contributed by atoms with Crippen molar-refractivity contribution in [2.45, 2.75) is 12.8 Å². The number of hydrogen-bond donors (Lipinski definition) is 3. The van der Waals surface area contributed by atoms with Crippen molar-refractivity contribution in [1.29, 1.82) is 0 Å². The lowest BCUT2D eigenvalue weighted by Gasteiger charge is -2.31. The first-order valence-corrected chi connectivity index (χ1v) is 6.20. The van der Waals surface area contributed by atoms with Gasteiger partial charge in [-0.25, -0.2) is 5.43 Å². The summed E-state index contributed by atoms with van der Waals surface area (Å²) in [7, 11) is 0. The first-order chi connectivity index (χ1) is 9.15. The van der Waals surface area contributed by atoms with Gasteiger partial charge in [0.2, 0.25) is 0 Å². The SMILES string of the molecule is O=C(N/N=C1/C[C@@H]2C=CC[C@H]12)c1ccc(O)cc1O. The molecule has 2 atom stereocenters. The van der Waals surface area contributed by atoms with Gasteiger partial charge in [-0.2, -0.15) is 5.10 Å². The Morgan fingerprint density at radius 3 is 2.95 bits per heavy atom. The van der Waals surface area contributed by atoms with E-state index >= 15 is 0 Å². The van der Waals surface area contributed by atoms with Crippen LogP contribution in [-0.2, 0) is 0 Å². The van der Waals surface area contributed by atoms with Crippen LogP contribution in [0.2, 0.25) is 0 Å². The van der Waals surface area contributed by atoms with Crippen LogP contribution >= 0.6 is 0 Å². The van der Waals surface area contributed by atoms with Crippen LogP contribution in [0, 0.1) is 11.8 Å². The number of allylic oxidation sites excluding steroid dienone is 2. The second-order valence-corrected chi connectivity index (χ2v) is 4.88. The second-order valence-electron chi connectivity index (χ2n) is 4.88. The minimum absolute atomic E-state index is 0.0840. The van der Waals surface area contributed by atoms with Crippen LogP contribution in [0.15, 0.2) is 35.5 Å². The van der Waals surface area contributed by atoms with Gasteiger partial charge in [0.1, 0.15) is 11.5 Å². The summed E-state index contributed by atoms with van der Waals surface area (Å²) in [5.74, 6) is 0.205. The lowest BCUT2D eigenvalue weighted by atomic mass is 9.74. The number of hydrazone groups is 1. The fraction of sp³-hybridized carbons (Fsp3) is 0.286. The standard InChI is InChI=1S/C14H14N2O3/c17-9-4-5-11(13(18)7-9)14(19)16-15-12-6-8-2-1-3-10(8)12/h1-2,4-5,7-8,10,17-18H,3,6H2,(H,16,19)/b15-12-/t8-,10-/m0/s1. The average Bonchev–Trinajstić information content (AvgIpc) is 2.71.